The van der Waals surface area contributed by atoms with E-state index in [0.717, 1.165) is 40.7 Å². The fourth-order valence-corrected chi connectivity index (χ4v) is 4.14. The minimum atomic E-state index is 0.194. The zero-order valence-electron chi connectivity index (χ0n) is 22.5. The van der Waals surface area contributed by atoms with Crippen LogP contribution >= 0.6 is 20.2 Å². The summed E-state index contributed by atoms with van der Waals surface area (Å²) in [6.45, 7) is 21.3. The molecule has 3 nitrogen and oxygen atoms in total. The van der Waals surface area contributed by atoms with Gasteiger partial charge in [0.1, 0.15) is 11.4 Å². The SMILES string of the molecule is CC(=Nc1c(C)c(C)cc(C)c1C)C1=CCC=C(C(C)=Nc2c(C)c(C)cc(C)c2C)[OH+]1.[Cl][Fe][Cl]. The fraction of sp³-hybridized carbons (Fsp3) is 0.379. The molecular weight excluding hydrogens is 519 g/mol. The van der Waals surface area contributed by atoms with Crippen molar-refractivity contribution in [1.82, 2.24) is 0 Å². The van der Waals surface area contributed by atoms with E-state index in [0.29, 0.717) is 0 Å². The van der Waals surface area contributed by atoms with E-state index in [2.05, 4.69) is 93.5 Å². The van der Waals surface area contributed by atoms with E-state index < -0.39 is 0 Å². The van der Waals surface area contributed by atoms with Crippen LogP contribution in [0.2, 0.25) is 0 Å². The molecule has 0 fully saturated rings. The summed E-state index contributed by atoms with van der Waals surface area (Å²) in [6.07, 6.45) is 5.13. The second kappa shape index (κ2) is 12.9. The summed E-state index contributed by atoms with van der Waals surface area (Å²) in [5, 5.41) is 0. The van der Waals surface area contributed by atoms with Crippen LogP contribution in [-0.4, -0.2) is 16.2 Å². The number of benzene rings is 2. The average Bonchev–Trinajstić information content (AvgIpc) is 2.82. The number of aliphatic hydroxyl groups is 2. The third-order valence-corrected chi connectivity index (χ3v) is 6.82. The summed E-state index contributed by atoms with van der Waals surface area (Å²) in [5.74, 6) is 1.87. The van der Waals surface area contributed by atoms with Crippen LogP contribution in [0.15, 0.2) is 45.8 Å². The first kappa shape index (κ1) is 29.4. The van der Waals surface area contributed by atoms with E-state index >= 15 is 0 Å². The summed E-state index contributed by atoms with van der Waals surface area (Å²) in [4.78, 5) is 10.0. The van der Waals surface area contributed by atoms with Crippen LogP contribution in [0.4, 0.5) is 11.4 Å². The van der Waals surface area contributed by atoms with E-state index in [1.807, 2.05) is 0 Å². The normalized spacial score (nSPS) is 14.2. The van der Waals surface area contributed by atoms with Gasteiger partial charge in [-0.05, 0) is 114 Å². The summed E-state index contributed by atoms with van der Waals surface area (Å²) in [5.41, 5.74) is 14.1. The Labute approximate surface area is 226 Å². The molecule has 1 aliphatic rings. The average molecular weight is 556 g/mol. The Kier molecular flexibility index (Phi) is 10.8. The predicted octanol–water partition coefficient (Wildman–Crippen LogP) is 9.68. The van der Waals surface area contributed by atoms with Crippen molar-refractivity contribution in [2.24, 2.45) is 9.98 Å². The molecule has 1 N–H and O–H groups in total. The van der Waals surface area contributed by atoms with Gasteiger partial charge in [0, 0.05) is 18.6 Å². The molecule has 0 aliphatic carbocycles. The van der Waals surface area contributed by atoms with Crippen LogP contribution in [0.5, 0.6) is 0 Å². The molecule has 0 atom stereocenters. The molecule has 0 radical (unpaired) electrons. The molecule has 190 valence electrons. The molecule has 0 bridgehead atoms. The zero-order valence-corrected chi connectivity index (χ0v) is 25.1. The Bertz CT molecular complexity index is 1090. The predicted molar refractivity (Wildman–Crippen MR) is 151 cm³/mol. The van der Waals surface area contributed by atoms with Gasteiger partial charge < -0.3 is 4.74 Å². The maximum atomic E-state index is 5.02. The molecule has 3 rings (SSSR count). The fourth-order valence-electron chi connectivity index (χ4n) is 4.14. The molecule has 1 aliphatic heterocycles. The number of hydrogen-bond donors (Lipinski definition) is 0. The molecule has 1 heterocycles. The number of hydrogen-bond acceptors (Lipinski definition) is 2. The van der Waals surface area contributed by atoms with Gasteiger partial charge in [-0.3, -0.25) is 0 Å². The van der Waals surface area contributed by atoms with E-state index in [1.54, 1.807) is 0 Å². The zero-order chi connectivity index (χ0) is 26.4. The van der Waals surface area contributed by atoms with Crippen molar-refractivity contribution >= 4 is 43.0 Å². The molecular formula is C29H37Cl2FeN2O+. The van der Waals surface area contributed by atoms with Crippen LogP contribution < -0.4 is 0 Å². The number of nitrogens with zero attached hydrogens (tertiary/aromatic N) is 2. The van der Waals surface area contributed by atoms with Crippen molar-refractivity contribution in [2.75, 3.05) is 0 Å². The van der Waals surface area contributed by atoms with Gasteiger partial charge in [-0.1, -0.05) is 12.1 Å². The van der Waals surface area contributed by atoms with Gasteiger partial charge >= 0.3 is 33.3 Å². The Balaban J connectivity index is 0.00000137. The van der Waals surface area contributed by atoms with E-state index in [9.17, 15) is 0 Å². The number of allylic oxidation sites excluding steroid dienone is 4. The molecule has 0 saturated carbocycles. The number of ether oxygens (including phenoxy) is 1. The molecule has 0 spiro atoms. The number of aliphatic imine (C=N–C) groups is 2. The van der Waals surface area contributed by atoms with Gasteiger partial charge in [0.15, 0.2) is 0 Å². The van der Waals surface area contributed by atoms with Crippen molar-refractivity contribution in [2.45, 2.75) is 75.7 Å². The molecule has 0 aromatic heterocycles. The van der Waals surface area contributed by atoms with Crippen LogP contribution in [0.1, 0.15) is 64.8 Å². The Morgan fingerprint density at radius 2 is 0.943 bits per heavy atom. The summed E-state index contributed by atoms with van der Waals surface area (Å²) >= 11 is 0.194. The second-order valence-electron chi connectivity index (χ2n) is 9.19. The second-order valence-corrected chi connectivity index (χ2v) is 11.0. The maximum absolute atomic E-state index is 5.02. The van der Waals surface area contributed by atoms with Crippen molar-refractivity contribution in [3.63, 3.8) is 0 Å². The van der Waals surface area contributed by atoms with Gasteiger partial charge in [-0.25, -0.2) is 9.98 Å². The van der Waals surface area contributed by atoms with E-state index in [4.69, 9.17) is 34.9 Å². The molecule has 0 unspecified atom stereocenters. The summed E-state index contributed by atoms with van der Waals surface area (Å²) in [7, 11) is 9.53. The Morgan fingerprint density at radius 1 is 0.657 bits per heavy atom. The van der Waals surface area contributed by atoms with Gasteiger partial charge in [-0.2, -0.15) is 0 Å². The Morgan fingerprint density at radius 3 is 1.23 bits per heavy atom. The summed E-state index contributed by atoms with van der Waals surface area (Å²) in [6, 6.07) is 4.47. The number of halogens is 2. The first-order chi connectivity index (χ1) is 16.4. The molecule has 35 heavy (non-hydrogen) atoms. The van der Waals surface area contributed by atoms with Crippen molar-refractivity contribution in [1.29, 1.82) is 0 Å². The Hall–Kier alpha value is -1.84. The van der Waals surface area contributed by atoms with Crippen molar-refractivity contribution in [3.05, 3.63) is 80.3 Å². The van der Waals surface area contributed by atoms with E-state index in [-0.39, 0.29) is 13.1 Å². The quantitative estimate of drug-likeness (QED) is 0.204. The van der Waals surface area contributed by atoms with Crippen molar-refractivity contribution in [3.8, 4) is 0 Å². The van der Waals surface area contributed by atoms with Crippen LogP contribution in [0, 0.1) is 55.4 Å². The molecule has 0 amide bonds. The number of rotatable bonds is 4. The van der Waals surface area contributed by atoms with Crippen LogP contribution in [0.3, 0.4) is 0 Å². The molecule has 0 saturated heterocycles. The molecule has 2 aromatic rings. The minimum absolute atomic E-state index is 0.194. The monoisotopic (exact) mass is 555 g/mol. The van der Waals surface area contributed by atoms with Gasteiger partial charge in [0.05, 0.1) is 11.4 Å². The number of aryl methyl sites for hydroxylation is 4. The van der Waals surface area contributed by atoms with E-state index in [1.165, 1.54) is 44.5 Å². The van der Waals surface area contributed by atoms with Crippen LogP contribution in [-0.2, 0) is 13.1 Å². The van der Waals surface area contributed by atoms with Crippen LogP contribution in [0.25, 0.3) is 0 Å². The standard InChI is InChI=1S/C29H36N2O.2ClH.Fe/c1-16-14-17(2)21(6)28(20(16)5)30-24(9)26-12-11-13-27(32-26)25(10)31-29-22(7)18(3)15-19(4)23(29)8;;;/h12-15H,11H2,1-10H3;2*1H;/q;;;+2/p-1. The molecule has 6 heteroatoms. The molecule has 2 aromatic carbocycles. The third-order valence-electron chi connectivity index (χ3n) is 6.82. The topological polar surface area (TPSA) is 37.5 Å². The van der Waals surface area contributed by atoms with Crippen molar-refractivity contribution < 1.29 is 17.9 Å². The first-order valence-corrected chi connectivity index (χ1v) is 14.7. The van der Waals surface area contributed by atoms with Gasteiger partial charge in [0.25, 0.3) is 11.5 Å². The first-order valence-electron chi connectivity index (χ1n) is 11.7. The summed E-state index contributed by atoms with van der Waals surface area (Å²) < 4.78 is 4.94. The van der Waals surface area contributed by atoms with Gasteiger partial charge in [-0.15, -0.1) is 0 Å². The van der Waals surface area contributed by atoms with Gasteiger partial charge in [0.2, 0.25) is 0 Å². The third kappa shape index (κ3) is 7.11.